The molecule has 0 aliphatic carbocycles. The predicted molar refractivity (Wildman–Crippen MR) is 59.9 cm³/mol. The van der Waals surface area contributed by atoms with Crippen LogP contribution in [0.5, 0.6) is 0 Å². The molecule has 3 amide bonds. The molecule has 6 nitrogen and oxygen atoms in total. The first-order valence-electron chi connectivity index (χ1n) is 5.88. The first-order chi connectivity index (χ1) is 8.00. The smallest absolute Gasteiger partial charge is 0.249 e. The molecule has 2 fully saturated rings. The van der Waals surface area contributed by atoms with Gasteiger partial charge in [0.2, 0.25) is 17.7 Å². The number of hydrogen-bond donors (Lipinski definition) is 2. The standard InChI is InChI=1S/C11H17N3O3/c1-6-3-4-12-9(6)11(17)14-5-8(15)13-10(16)7(14)2/h6-7,9,12H,3-5H2,1-2H3,(H,13,15,16). The van der Waals surface area contributed by atoms with Crippen molar-refractivity contribution in [3.63, 3.8) is 0 Å². The van der Waals surface area contributed by atoms with Crippen LogP contribution in [0.2, 0.25) is 0 Å². The SMILES string of the molecule is CC1CCNC1C(=O)N1CC(=O)NC(=O)C1C. The molecule has 0 saturated carbocycles. The van der Waals surface area contributed by atoms with Crippen LogP contribution in [0.3, 0.4) is 0 Å². The van der Waals surface area contributed by atoms with Crippen molar-refractivity contribution in [2.75, 3.05) is 13.1 Å². The van der Waals surface area contributed by atoms with Gasteiger partial charge in [0.05, 0.1) is 6.04 Å². The highest BCUT2D eigenvalue weighted by Gasteiger charge is 2.39. The monoisotopic (exact) mass is 239 g/mol. The van der Waals surface area contributed by atoms with Gasteiger partial charge in [0.25, 0.3) is 0 Å². The first-order valence-corrected chi connectivity index (χ1v) is 5.88. The molecule has 0 bridgehead atoms. The van der Waals surface area contributed by atoms with Gasteiger partial charge in [-0.3, -0.25) is 19.7 Å². The molecule has 94 valence electrons. The minimum Gasteiger partial charge on any atom is -0.320 e. The highest BCUT2D eigenvalue weighted by molar-refractivity contribution is 6.04. The van der Waals surface area contributed by atoms with E-state index < -0.39 is 17.9 Å². The quantitative estimate of drug-likeness (QED) is 0.567. The minimum absolute atomic E-state index is 0.0311. The van der Waals surface area contributed by atoms with Crippen LogP contribution >= 0.6 is 0 Å². The highest BCUT2D eigenvalue weighted by Crippen LogP contribution is 2.18. The van der Waals surface area contributed by atoms with Gasteiger partial charge in [-0.2, -0.15) is 0 Å². The van der Waals surface area contributed by atoms with Crippen LogP contribution in [0, 0.1) is 5.92 Å². The van der Waals surface area contributed by atoms with Gasteiger partial charge in [-0.15, -0.1) is 0 Å². The molecular weight excluding hydrogens is 222 g/mol. The van der Waals surface area contributed by atoms with Crippen LogP contribution in [0.15, 0.2) is 0 Å². The van der Waals surface area contributed by atoms with E-state index in [0.717, 1.165) is 13.0 Å². The zero-order chi connectivity index (χ0) is 12.6. The Morgan fingerprint density at radius 3 is 2.65 bits per heavy atom. The molecular formula is C11H17N3O3. The van der Waals surface area contributed by atoms with Gasteiger partial charge in [0.1, 0.15) is 12.6 Å². The second-order valence-corrected chi connectivity index (χ2v) is 4.75. The predicted octanol–water partition coefficient (Wildman–Crippen LogP) is -1.14. The minimum atomic E-state index is -0.574. The summed E-state index contributed by atoms with van der Waals surface area (Å²) >= 11 is 0. The van der Waals surface area contributed by atoms with E-state index in [-0.39, 0.29) is 24.4 Å². The summed E-state index contributed by atoms with van der Waals surface area (Å²) in [5.41, 5.74) is 0. The van der Waals surface area contributed by atoms with E-state index in [1.807, 2.05) is 6.92 Å². The van der Waals surface area contributed by atoms with E-state index in [1.165, 1.54) is 4.90 Å². The fourth-order valence-corrected chi connectivity index (χ4v) is 2.33. The average molecular weight is 239 g/mol. The summed E-state index contributed by atoms with van der Waals surface area (Å²) in [5, 5.41) is 5.34. The van der Waals surface area contributed by atoms with E-state index in [0.29, 0.717) is 0 Å². The van der Waals surface area contributed by atoms with Crippen molar-refractivity contribution in [1.82, 2.24) is 15.5 Å². The fourth-order valence-electron chi connectivity index (χ4n) is 2.33. The third kappa shape index (κ3) is 2.17. The molecule has 0 radical (unpaired) electrons. The van der Waals surface area contributed by atoms with Crippen LogP contribution in [-0.4, -0.2) is 47.8 Å². The number of amides is 3. The molecule has 2 heterocycles. The maximum atomic E-state index is 12.2. The maximum Gasteiger partial charge on any atom is 0.249 e. The normalized spacial score (nSPS) is 33.8. The molecule has 17 heavy (non-hydrogen) atoms. The number of nitrogens with zero attached hydrogens (tertiary/aromatic N) is 1. The lowest BCUT2D eigenvalue weighted by molar-refractivity contribution is -0.150. The molecule has 2 aliphatic rings. The Kier molecular flexibility index (Phi) is 3.15. The molecule has 2 rings (SSSR count). The number of hydrogen-bond acceptors (Lipinski definition) is 4. The molecule has 3 unspecified atom stereocenters. The van der Waals surface area contributed by atoms with Gasteiger partial charge in [-0.1, -0.05) is 6.92 Å². The van der Waals surface area contributed by atoms with E-state index in [9.17, 15) is 14.4 Å². The summed E-state index contributed by atoms with van der Waals surface area (Å²) in [6.07, 6.45) is 0.943. The van der Waals surface area contributed by atoms with Crippen LogP contribution in [0.4, 0.5) is 0 Å². The summed E-state index contributed by atoms with van der Waals surface area (Å²) in [4.78, 5) is 36.4. The number of nitrogens with one attached hydrogen (secondary N) is 2. The number of carbonyl (C=O) groups is 3. The Bertz CT molecular complexity index is 369. The maximum absolute atomic E-state index is 12.2. The summed E-state index contributed by atoms with van der Waals surface area (Å²) in [7, 11) is 0. The molecule has 0 aromatic rings. The van der Waals surface area contributed by atoms with Crippen molar-refractivity contribution in [3.05, 3.63) is 0 Å². The zero-order valence-corrected chi connectivity index (χ0v) is 10.0. The lowest BCUT2D eigenvalue weighted by Gasteiger charge is -2.34. The van der Waals surface area contributed by atoms with Crippen LogP contribution in [-0.2, 0) is 14.4 Å². The Balaban J connectivity index is 2.12. The average Bonchev–Trinajstić information content (AvgIpc) is 2.69. The highest BCUT2D eigenvalue weighted by atomic mass is 16.2. The molecule has 2 N–H and O–H groups in total. The summed E-state index contributed by atoms with van der Waals surface area (Å²) in [6.45, 7) is 4.41. The second kappa shape index (κ2) is 4.44. The largest absolute Gasteiger partial charge is 0.320 e. The van der Waals surface area contributed by atoms with Crippen LogP contribution in [0.1, 0.15) is 20.3 Å². The Hall–Kier alpha value is -1.43. The lowest BCUT2D eigenvalue weighted by Crippen LogP contribution is -2.61. The molecule has 0 spiro atoms. The third-order valence-electron chi connectivity index (χ3n) is 3.51. The Morgan fingerprint density at radius 1 is 1.35 bits per heavy atom. The first kappa shape index (κ1) is 12.0. The number of imide groups is 1. The fraction of sp³-hybridized carbons (Fsp3) is 0.727. The Labute approximate surface area is 99.7 Å². The van der Waals surface area contributed by atoms with Crippen molar-refractivity contribution in [3.8, 4) is 0 Å². The van der Waals surface area contributed by atoms with Gasteiger partial charge in [0, 0.05) is 0 Å². The van der Waals surface area contributed by atoms with E-state index in [1.54, 1.807) is 6.92 Å². The number of rotatable bonds is 1. The van der Waals surface area contributed by atoms with Gasteiger partial charge in [0.15, 0.2) is 0 Å². The van der Waals surface area contributed by atoms with Crippen molar-refractivity contribution in [1.29, 1.82) is 0 Å². The molecule has 2 aliphatic heterocycles. The van der Waals surface area contributed by atoms with Gasteiger partial charge < -0.3 is 10.2 Å². The van der Waals surface area contributed by atoms with Crippen molar-refractivity contribution < 1.29 is 14.4 Å². The topological polar surface area (TPSA) is 78.5 Å². The van der Waals surface area contributed by atoms with Gasteiger partial charge >= 0.3 is 0 Å². The lowest BCUT2D eigenvalue weighted by atomic mass is 10.0. The van der Waals surface area contributed by atoms with Gasteiger partial charge in [-0.05, 0) is 25.8 Å². The van der Waals surface area contributed by atoms with Crippen LogP contribution in [0.25, 0.3) is 0 Å². The third-order valence-corrected chi connectivity index (χ3v) is 3.51. The van der Waals surface area contributed by atoms with E-state index in [2.05, 4.69) is 10.6 Å². The van der Waals surface area contributed by atoms with Crippen molar-refractivity contribution >= 4 is 17.7 Å². The van der Waals surface area contributed by atoms with E-state index in [4.69, 9.17) is 0 Å². The van der Waals surface area contributed by atoms with Crippen molar-refractivity contribution in [2.24, 2.45) is 5.92 Å². The van der Waals surface area contributed by atoms with E-state index >= 15 is 0 Å². The number of piperazine rings is 1. The number of carbonyl (C=O) groups excluding carboxylic acids is 3. The van der Waals surface area contributed by atoms with Crippen molar-refractivity contribution in [2.45, 2.75) is 32.4 Å². The molecule has 6 heteroatoms. The Morgan fingerprint density at radius 2 is 2.06 bits per heavy atom. The summed E-state index contributed by atoms with van der Waals surface area (Å²) in [6, 6.07) is -0.842. The molecule has 0 aromatic carbocycles. The molecule has 2 saturated heterocycles. The zero-order valence-electron chi connectivity index (χ0n) is 10.0. The molecule has 3 atom stereocenters. The van der Waals surface area contributed by atoms with Gasteiger partial charge in [-0.25, -0.2) is 0 Å². The second-order valence-electron chi connectivity index (χ2n) is 4.75. The summed E-state index contributed by atoms with van der Waals surface area (Å²) in [5.74, 6) is -0.715. The summed E-state index contributed by atoms with van der Waals surface area (Å²) < 4.78 is 0. The molecule has 0 aromatic heterocycles. The van der Waals surface area contributed by atoms with Crippen LogP contribution < -0.4 is 10.6 Å².